The minimum absolute atomic E-state index is 0.376. The molecule has 1 unspecified atom stereocenters. The SMILES string of the molecule is COc1ccc(/C(C#N)=C\c2cccc(OC(=O)C3CCCO3)c2)cc1. The molecule has 0 aromatic heterocycles. The predicted octanol–water partition coefficient (Wildman–Crippen LogP) is 3.84. The molecular formula is C21H19NO4. The molecule has 0 aliphatic carbocycles. The third-order valence-electron chi connectivity index (χ3n) is 4.10. The van der Waals surface area contributed by atoms with Crippen LogP contribution in [0.25, 0.3) is 11.6 Å². The molecule has 0 N–H and O–H groups in total. The second-order valence-electron chi connectivity index (χ2n) is 5.89. The Bertz CT molecular complexity index is 843. The predicted molar refractivity (Wildman–Crippen MR) is 97.5 cm³/mol. The molecule has 0 saturated carbocycles. The number of allylic oxidation sites excluding steroid dienone is 1. The quantitative estimate of drug-likeness (QED) is 0.355. The molecule has 1 atom stereocenters. The van der Waals surface area contributed by atoms with Gasteiger partial charge in [0.1, 0.15) is 11.5 Å². The Labute approximate surface area is 152 Å². The van der Waals surface area contributed by atoms with Gasteiger partial charge in [0.15, 0.2) is 6.10 Å². The van der Waals surface area contributed by atoms with Gasteiger partial charge < -0.3 is 14.2 Å². The second-order valence-corrected chi connectivity index (χ2v) is 5.89. The van der Waals surface area contributed by atoms with Crippen LogP contribution >= 0.6 is 0 Å². The average Bonchev–Trinajstić information content (AvgIpc) is 3.21. The third-order valence-corrected chi connectivity index (χ3v) is 4.10. The molecule has 0 bridgehead atoms. The first-order valence-corrected chi connectivity index (χ1v) is 8.39. The molecule has 1 aliphatic rings. The van der Waals surface area contributed by atoms with Crippen LogP contribution in [-0.4, -0.2) is 25.8 Å². The number of hydrogen-bond acceptors (Lipinski definition) is 5. The molecule has 5 nitrogen and oxygen atoms in total. The fraction of sp³-hybridized carbons (Fsp3) is 0.238. The molecule has 1 heterocycles. The number of hydrogen-bond donors (Lipinski definition) is 0. The van der Waals surface area contributed by atoms with Gasteiger partial charge in [-0.15, -0.1) is 0 Å². The lowest BCUT2D eigenvalue weighted by atomic mass is 10.0. The molecule has 5 heteroatoms. The zero-order chi connectivity index (χ0) is 18.4. The van der Waals surface area contributed by atoms with Crippen LogP contribution in [0.15, 0.2) is 48.5 Å². The first kappa shape index (κ1) is 17.7. The monoisotopic (exact) mass is 349 g/mol. The van der Waals surface area contributed by atoms with Crippen LogP contribution in [0.2, 0.25) is 0 Å². The van der Waals surface area contributed by atoms with Gasteiger partial charge in [-0.1, -0.05) is 12.1 Å². The van der Waals surface area contributed by atoms with Crippen molar-refractivity contribution in [3.63, 3.8) is 0 Å². The standard InChI is InChI=1S/C21H19NO4/c1-24-18-9-7-16(8-10-18)17(14-22)12-15-4-2-5-19(13-15)26-21(23)20-6-3-11-25-20/h2,4-5,7-10,12-13,20H,3,6,11H2,1H3/b17-12-. The Balaban J connectivity index is 1.78. The lowest BCUT2D eigenvalue weighted by Crippen LogP contribution is -2.24. The molecule has 3 rings (SSSR count). The largest absolute Gasteiger partial charge is 0.497 e. The Hall–Kier alpha value is -3.10. The number of nitrogens with zero attached hydrogens (tertiary/aromatic N) is 1. The zero-order valence-corrected chi connectivity index (χ0v) is 14.5. The molecule has 0 radical (unpaired) electrons. The molecule has 1 saturated heterocycles. The highest BCUT2D eigenvalue weighted by atomic mass is 16.6. The van der Waals surface area contributed by atoms with Crippen LogP contribution in [0.1, 0.15) is 24.0 Å². The maximum atomic E-state index is 12.1. The Kier molecular flexibility index (Phi) is 5.67. The molecule has 0 amide bonds. The summed E-state index contributed by atoms with van der Waals surface area (Å²) in [4.78, 5) is 12.1. The van der Waals surface area contributed by atoms with Crippen molar-refractivity contribution in [1.82, 2.24) is 0 Å². The second kappa shape index (κ2) is 8.32. The lowest BCUT2D eigenvalue weighted by molar-refractivity contribution is -0.144. The van der Waals surface area contributed by atoms with Crippen molar-refractivity contribution in [2.24, 2.45) is 0 Å². The van der Waals surface area contributed by atoms with Gasteiger partial charge in [-0.05, 0) is 66.4 Å². The summed E-state index contributed by atoms with van der Waals surface area (Å²) in [7, 11) is 1.60. The number of benzene rings is 2. The van der Waals surface area contributed by atoms with E-state index >= 15 is 0 Å². The van der Waals surface area contributed by atoms with Gasteiger partial charge in [0.05, 0.1) is 18.8 Å². The number of carbonyl (C=O) groups is 1. The molecule has 1 fully saturated rings. The van der Waals surface area contributed by atoms with Crippen molar-refractivity contribution >= 4 is 17.6 Å². The van der Waals surface area contributed by atoms with E-state index in [4.69, 9.17) is 14.2 Å². The number of rotatable bonds is 5. The van der Waals surface area contributed by atoms with Gasteiger partial charge in [0.25, 0.3) is 0 Å². The average molecular weight is 349 g/mol. The van der Waals surface area contributed by atoms with Crippen molar-refractivity contribution in [1.29, 1.82) is 5.26 Å². The van der Waals surface area contributed by atoms with Crippen LogP contribution in [0.5, 0.6) is 11.5 Å². The minimum atomic E-state index is -0.483. The Morgan fingerprint density at radius 1 is 1.23 bits per heavy atom. The van der Waals surface area contributed by atoms with Gasteiger partial charge in [0, 0.05) is 6.61 Å². The minimum Gasteiger partial charge on any atom is -0.497 e. The van der Waals surface area contributed by atoms with Crippen molar-refractivity contribution < 1.29 is 19.0 Å². The molecular weight excluding hydrogens is 330 g/mol. The smallest absolute Gasteiger partial charge is 0.340 e. The maximum absolute atomic E-state index is 12.1. The highest BCUT2D eigenvalue weighted by molar-refractivity contribution is 5.90. The summed E-state index contributed by atoms with van der Waals surface area (Å²) in [5, 5.41) is 9.47. The molecule has 26 heavy (non-hydrogen) atoms. The van der Waals surface area contributed by atoms with E-state index in [9.17, 15) is 10.1 Å². The highest BCUT2D eigenvalue weighted by Crippen LogP contribution is 2.23. The van der Waals surface area contributed by atoms with Crippen LogP contribution in [0.4, 0.5) is 0 Å². The fourth-order valence-electron chi connectivity index (χ4n) is 2.73. The first-order chi connectivity index (χ1) is 12.7. The summed E-state index contributed by atoms with van der Waals surface area (Å²) >= 11 is 0. The number of carbonyl (C=O) groups excluding carboxylic acids is 1. The van der Waals surface area contributed by atoms with Gasteiger partial charge in [0.2, 0.25) is 0 Å². The van der Waals surface area contributed by atoms with Crippen molar-refractivity contribution in [3.8, 4) is 17.6 Å². The van der Waals surface area contributed by atoms with Crippen LogP contribution in [0.3, 0.4) is 0 Å². The van der Waals surface area contributed by atoms with Crippen LogP contribution in [-0.2, 0) is 9.53 Å². The van der Waals surface area contributed by atoms with Crippen LogP contribution < -0.4 is 9.47 Å². The Morgan fingerprint density at radius 3 is 2.69 bits per heavy atom. The van der Waals surface area contributed by atoms with Gasteiger partial charge in [-0.25, -0.2) is 4.79 Å². The van der Waals surface area contributed by atoms with E-state index in [1.807, 2.05) is 18.2 Å². The summed E-state index contributed by atoms with van der Waals surface area (Å²) in [5.41, 5.74) is 2.07. The zero-order valence-electron chi connectivity index (χ0n) is 14.5. The van der Waals surface area contributed by atoms with E-state index in [0.29, 0.717) is 24.4 Å². The fourth-order valence-corrected chi connectivity index (χ4v) is 2.73. The van der Waals surface area contributed by atoms with E-state index in [-0.39, 0.29) is 5.97 Å². The van der Waals surface area contributed by atoms with E-state index < -0.39 is 6.10 Å². The highest BCUT2D eigenvalue weighted by Gasteiger charge is 2.25. The first-order valence-electron chi connectivity index (χ1n) is 8.39. The van der Waals surface area contributed by atoms with Gasteiger partial charge >= 0.3 is 5.97 Å². The molecule has 2 aromatic rings. The van der Waals surface area contributed by atoms with Crippen molar-refractivity contribution in [2.45, 2.75) is 18.9 Å². The normalized spacial score (nSPS) is 16.8. The summed E-state index contributed by atoms with van der Waals surface area (Å²) in [5.74, 6) is 0.791. The molecule has 1 aliphatic heterocycles. The summed E-state index contributed by atoms with van der Waals surface area (Å²) in [6.45, 7) is 0.593. The molecule has 0 spiro atoms. The Morgan fingerprint density at radius 2 is 2.04 bits per heavy atom. The van der Waals surface area contributed by atoms with Gasteiger partial charge in [-0.2, -0.15) is 5.26 Å². The van der Waals surface area contributed by atoms with E-state index in [0.717, 1.165) is 23.3 Å². The van der Waals surface area contributed by atoms with E-state index in [1.54, 1.807) is 43.5 Å². The molecule has 132 valence electrons. The number of esters is 1. The lowest BCUT2D eigenvalue weighted by Gasteiger charge is -2.09. The summed E-state index contributed by atoms with van der Waals surface area (Å²) < 4.78 is 15.9. The number of ether oxygens (including phenoxy) is 3. The maximum Gasteiger partial charge on any atom is 0.340 e. The van der Waals surface area contributed by atoms with Crippen molar-refractivity contribution in [3.05, 3.63) is 59.7 Å². The van der Waals surface area contributed by atoms with Crippen molar-refractivity contribution in [2.75, 3.05) is 13.7 Å². The van der Waals surface area contributed by atoms with Gasteiger partial charge in [-0.3, -0.25) is 0 Å². The summed E-state index contributed by atoms with van der Waals surface area (Å²) in [6, 6.07) is 16.5. The van der Waals surface area contributed by atoms with Crippen LogP contribution in [0, 0.1) is 11.3 Å². The third kappa shape index (κ3) is 4.29. The van der Waals surface area contributed by atoms with E-state index in [1.165, 1.54) is 0 Å². The number of methoxy groups -OCH3 is 1. The summed E-state index contributed by atoms with van der Waals surface area (Å²) in [6.07, 6.45) is 2.83. The van der Waals surface area contributed by atoms with E-state index in [2.05, 4.69) is 6.07 Å². The number of nitriles is 1. The topological polar surface area (TPSA) is 68.5 Å². The molecule has 2 aromatic carbocycles.